The molecule has 1 saturated heterocycles. The second-order valence-electron chi connectivity index (χ2n) is 2.79. The first-order chi connectivity index (χ1) is 5.57. The molecule has 0 aromatic carbocycles. The zero-order valence-electron chi connectivity index (χ0n) is 6.37. The first-order valence-electron chi connectivity index (χ1n) is 3.64. The molecule has 0 aromatic heterocycles. The van der Waals surface area contributed by atoms with E-state index in [1.807, 2.05) is 0 Å². The van der Waals surface area contributed by atoms with E-state index in [0.29, 0.717) is 0 Å². The van der Waals surface area contributed by atoms with Crippen LogP contribution in [-0.2, 0) is 4.74 Å². The van der Waals surface area contributed by atoms with Gasteiger partial charge in [0, 0.05) is 0 Å². The zero-order valence-corrected chi connectivity index (χ0v) is 6.37. The Morgan fingerprint density at radius 3 is 2.17 bits per heavy atom. The molecule has 0 saturated carbocycles. The van der Waals surface area contributed by atoms with Gasteiger partial charge in [0.25, 0.3) is 0 Å². The van der Waals surface area contributed by atoms with E-state index in [1.54, 1.807) is 0 Å². The molecular weight excluding hydrogens is 166 g/mol. The van der Waals surface area contributed by atoms with Crippen LogP contribution in [0.4, 0.5) is 0 Å². The average Bonchev–Trinajstić information content (AvgIpc) is 2.08. The van der Waals surface area contributed by atoms with Crippen molar-refractivity contribution in [2.24, 2.45) is 5.73 Å². The molecule has 72 valence electrons. The Hall–Kier alpha value is -0.240. The second kappa shape index (κ2) is 3.65. The molecule has 6 N–H and O–H groups in total. The number of rotatable bonds is 1. The number of ether oxygens (including phenoxy) is 1. The summed E-state index contributed by atoms with van der Waals surface area (Å²) in [5.41, 5.74) is 5.24. The Kier molecular flexibility index (Phi) is 2.99. The number of aliphatic hydroxyl groups excluding tert-OH is 4. The summed E-state index contributed by atoms with van der Waals surface area (Å²) in [6, 6.07) is 0. The Bertz CT molecular complexity index is 150. The molecule has 0 bridgehead atoms. The van der Waals surface area contributed by atoms with Gasteiger partial charge in [-0.25, -0.2) is 0 Å². The van der Waals surface area contributed by atoms with E-state index in [-0.39, 0.29) is 0 Å². The summed E-state index contributed by atoms with van der Waals surface area (Å²) in [7, 11) is 0. The van der Waals surface area contributed by atoms with Crippen LogP contribution < -0.4 is 5.73 Å². The van der Waals surface area contributed by atoms with Gasteiger partial charge in [-0.1, -0.05) is 0 Å². The fourth-order valence-electron chi connectivity index (χ4n) is 1.13. The molecule has 1 rings (SSSR count). The lowest BCUT2D eigenvalue weighted by molar-refractivity contribution is -0.227. The van der Waals surface area contributed by atoms with E-state index < -0.39 is 37.3 Å². The molecule has 0 aliphatic carbocycles. The standard InChI is InChI=1S/C6H13NO5/c7-6-5(11)4(10)3(9)2(1-8)12-6/h2-6,8-11H,1,7H2/t2?,3-,4?,5?,6?/m1/s1. The third-order valence-electron chi connectivity index (χ3n) is 1.93. The molecule has 0 amide bonds. The lowest BCUT2D eigenvalue weighted by Gasteiger charge is -2.38. The van der Waals surface area contributed by atoms with Crippen molar-refractivity contribution < 1.29 is 25.2 Å². The van der Waals surface area contributed by atoms with Crippen LogP contribution in [-0.4, -0.2) is 57.7 Å². The Labute approximate surface area is 69.2 Å². The van der Waals surface area contributed by atoms with Crippen molar-refractivity contribution in [1.29, 1.82) is 0 Å². The third kappa shape index (κ3) is 1.58. The summed E-state index contributed by atoms with van der Waals surface area (Å²) >= 11 is 0. The maximum Gasteiger partial charge on any atom is 0.135 e. The Morgan fingerprint density at radius 1 is 1.08 bits per heavy atom. The maximum atomic E-state index is 9.18. The van der Waals surface area contributed by atoms with Gasteiger partial charge in [0.2, 0.25) is 0 Å². The number of aliphatic hydroxyl groups is 4. The molecule has 6 heteroatoms. The smallest absolute Gasteiger partial charge is 0.135 e. The van der Waals surface area contributed by atoms with Crippen LogP contribution in [0.3, 0.4) is 0 Å². The molecule has 0 spiro atoms. The Balaban J connectivity index is 2.63. The first-order valence-corrected chi connectivity index (χ1v) is 3.64. The molecule has 1 aliphatic heterocycles. The number of nitrogens with two attached hydrogens (primary N) is 1. The maximum absolute atomic E-state index is 9.18. The van der Waals surface area contributed by atoms with Gasteiger partial charge in [0.05, 0.1) is 6.61 Å². The normalized spacial score (nSPS) is 49.2. The minimum atomic E-state index is -1.37. The van der Waals surface area contributed by atoms with E-state index in [0.717, 1.165) is 0 Å². The van der Waals surface area contributed by atoms with Crippen molar-refractivity contribution in [2.45, 2.75) is 30.6 Å². The fraction of sp³-hybridized carbons (Fsp3) is 1.00. The molecule has 6 nitrogen and oxygen atoms in total. The van der Waals surface area contributed by atoms with Gasteiger partial charge in [-0.3, -0.25) is 0 Å². The van der Waals surface area contributed by atoms with E-state index in [4.69, 9.17) is 25.8 Å². The summed E-state index contributed by atoms with van der Waals surface area (Å²) in [5.74, 6) is 0. The average molecular weight is 179 g/mol. The van der Waals surface area contributed by atoms with Crippen molar-refractivity contribution in [1.82, 2.24) is 0 Å². The molecule has 1 heterocycles. The SMILES string of the molecule is NC1OC(CO)[C@@H](O)C(O)C1O. The van der Waals surface area contributed by atoms with Crippen molar-refractivity contribution in [3.8, 4) is 0 Å². The van der Waals surface area contributed by atoms with Gasteiger partial charge in [-0.2, -0.15) is 0 Å². The van der Waals surface area contributed by atoms with Crippen LogP contribution in [0.2, 0.25) is 0 Å². The highest BCUT2D eigenvalue weighted by Crippen LogP contribution is 2.17. The van der Waals surface area contributed by atoms with E-state index in [2.05, 4.69) is 0 Å². The van der Waals surface area contributed by atoms with Crippen LogP contribution in [0, 0.1) is 0 Å². The molecule has 0 radical (unpaired) electrons. The van der Waals surface area contributed by atoms with E-state index in [1.165, 1.54) is 0 Å². The predicted molar refractivity (Wildman–Crippen MR) is 38.0 cm³/mol. The summed E-state index contributed by atoms with van der Waals surface area (Å²) < 4.78 is 4.80. The molecule has 1 aliphatic rings. The minimum absolute atomic E-state index is 0.446. The summed E-state index contributed by atoms with van der Waals surface area (Å²) in [4.78, 5) is 0. The first kappa shape index (κ1) is 9.85. The molecule has 4 unspecified atom stereocenters. The number of hydrogen-bond donors (Lipinski definition) is 5. The van der Waals surface area contributed by atoms with Crippen LogP contribution in [0.5, 0.6) is 0 Å². The summed E-state index contributed by atoms with van der Waals surface area (Å²) in [6.07, 6.45) is -5.99. The quantitative estimate of drug-likeness (QED) is 0.288. The van der Waals surface area contributed by atoms with Gasteiger partial charge < -0.3 is 30.9 Å². The van der Waals surface area contributed by atoms with Gasteiger partial charge in [0.1, 0.15) is 30.6 Å². The lowest BCUT2D eigenvalue weighted by atomic mass is 9.99. The van der Waals surface area contributed by atoms with Crippen molar-refractivity contribution in [3.63, 3.8) is 0 Å². The van der Waals surface area contributed by atoms with Crippen LogP contribution in [0.25, 0.3) is 0 Å². The van der Waals surface area contributed by atoms with Gasteiger partial charge >= 0.3 is 0 Å². The number of hydrogen-bond acceptors (Lipinski definition) is 6. The Morgan fingerprint density at radius 2 is 1.67 bits per heavy atom. The molecule has 5 atom stereocenters. The largest absolute Gasteiger partial charge is 0.394 e. The van der Waals surface area contributed by atoms with Gasteiger partial charge in [-0.05, 0) is 0 Å². The minimum Gasteiger partial charge on any atom is -0.394 e. The highest BCUT2D eigenvalue weighted by Gasteiger charge is 2.41. The van der Waals surface area contributed by atoms with Gasteiger partial charge in [0.15, 0.2) is 0 Å². The summed E-state index contributed by atoms with van der Waals surface area (Å²) in [5, 5.41) is 36.1. The fourth-order valence-corrected chi connectivity index (χ4v) is 1.13. The van der Waals surface area contributed by atoms with Crippen LogP contribution >= 0.6 is 0 Å². The third-order valence-corrected chi connectivity index (χ3v) is 1.93. The predicted octanol–water partition coefficient (Wildman–Crippen LogP) is -3.25. The molecule has 1 fully saturated rings. The van der Waals surface area contributed by atoms with Crippen molar-refractivity contribution >= 4 is 0 Å². The van der Waals surface area contributed by atoms with Crippen LogP contribution in [0.1, 0.15) is 0 Å². The van der Waals surface area contributed by atoms with E-state index >= 15 is 0 Å². The zero-order chi connectivity index (χ0) is 9.30. The van der Waals surface area contributed by atoms with Gasteiger partial charge in [-0.15, -0.1) is 0 Å². The van der Waals surface area contributed by atoms with Crippen molar-refractivity contribution in [2.75, 3.05) is 6.61 Å². The highest BCUT2D eigenvalue weighted by molar-refractivity contribution is 4.89. The molecular formula is C6H13NO5. The second-order valence-corrected chi connectivity index (χ2v) is 2.79. The molecule has 0 aromatic rings. The lowest BCUT2D eigenvalue weighted by Crippen LogP contribution is -2.61. The highest BCUT2D eigenvalue weighted by atomic mass is 16.6. The monoisotopic (exact) mass is 179 g/mol. The van der Waals surface area contributed by atoms with E-state index in [9.17, 15) is 5.11 Å². The molecule has 12 heavy (non-hydrogen) atoms. The van der Waals surface area contributed by atoms with Crippen LogP contribution in [0.15, 0.2) is 0 Å². The van der Waals surface area contributed by atoms with Crippen molar-refractivity contribution in [3.05, 3.63) is 0 Å². The topological polar surface area (TPSA) is 116 Å². The summed E-state index contributed by atoms with van der Waals surface area (Å²) in [6.45, 7) is -0.446.